The highest BCUT2D eigenvalue weighted by molar-refractivity contribution is 5.24. The molecule has 0 aliphatic heterocycles. The van der Waals surface area contributed by atoms with Crippen LogP contribution in [0.15, 0.2) is 23.1 Å². The van der Waals surface area contributed by atoms with Crippen molar-refractivity contribution in [2.75, 3.05) is 13.1 Å². The average Bonchev–Trinajstić information content (AvgIpc) is 2.29. The molecule has 1 aromatic heterocycles. The van der Waals surface area contributed by atoms with Crippen LogP contribution in [-0.4, -0.2) is 22.6 Å². The van der Waals surface area contributed by atoms with Gasteiger partial charge in [-0.3, -0.25) is 14.9 Å². The summed E-state index contributed by atoms with van der Waals surface area (Å²) < 4.78 is 1.39. The van der Waals surface area contributed by atoms with E-state index < -0.39 is 4.92 Å². The molecular weight excluding hydrogens is 222 g/mol. The van der Waals surface area contributed by atoms with E-state index in [1.807, 2.05) is 13.8 Å². The zero-order valence-corrected chi connectivity index (χ0v) is 10.0. The maximum Gasteiger partial charge on any atom is 0.285 e. The van der Waals surface area contributed by atoms with Gasteiger partial charge in [0.05, 0.1) is 11.1 Å². The Balaban J connectivity index is 2.79. The predicted molar refractivity (Wildman–Crippen MR) is 65.1 cm³/mol. The third-order valence-corrected chi connectivity index (χ3v) is 2.43. The van der Waals surface area contributed by atoms with E-state index in [4.69, 9.17) is 0 Å². The van der Waals surface area contributed by atoms with Gasteiger partial charge in [-0.15, -0.1) is 0 Å². The van der Waals surface area contributed by atoms with Gasteiger partial charge in [0.1, 0.15) is 0 Å². The lowest BCUT2D eigenvalue weighted by Gasteiger charge is -2.13. The summed E-state index contributed by atoms with van der Waals surface area (Å²) >= 11 is 0. The van der Waals surface area contributed by atoms with Crippen molar-refractivity contribution in [1.82, 2.24) is 9.88 Å². The molecule has 1 heterocycles. The van der Waals surface area contributed by atoms with Gasteiger partial charge >= 0.3 is 0 Å². The lowest BCUT2D eigenvalue weighted by Crippen LogP contribution is -2.28. The summed E-state index contributed by atoms with van der Waals surface area (Å²) in [6.07, 6.45) is 1.30. The molecule has 94 valence electrons. The first-order chi connectivity index (χ1) is 8.04. The van der Waals surface area contributed by atoms with Gasteiger partial charge < -0.3 is 9.88 Å². The Morgan fingerprint density at radius 3 is 2.82 bits per heavy atom. The highest BCUT2D eigenvalue weighted by Gasteiger charge is 2.09. The number of rotatable bonds is 6. The summed E-state index contributed by atoms with van der Waals surface area (Å²) in [7, 11) is 0. The predicted octanol–water partition coefficient (Wildman–Crippen LogP) is 1.00. The van der Waals surface area contributed by atoms with Gasteiger partial charge in [-0.05, 0) is 19.0 Å². The number of nitrogens with one attached hydrogen (secondary N) is 1. The Morgan fingerprint density at radius 1 is 1.53 bits per heavy atom. The maximum atomic E-state index is 11.5. The van der Waals surface area contributed by atoms with Crippen LogP contribution in [0.2, 0.25) is 0 Å². The Bertz CT molecular complexity index is 442. The van der Waals surface area contributed by atoms with Crippen LogP contribution in [0.25, 0.3) is 0 Å². The van der Waals surface area contributed by atoms with Crippen LogP contribution in [0.4, 0.5) is 5.69 Å². The molecule has 0 spiro atoms. The molecule has 17 heavy (non-hydrogen) atoms. The van der Waals surface area contributed by atoms with Crippen LogP contribution >= 0.6 is 0 Å². The van der Waals surface area contributed by atoms with E-state index in [9.17, 15) is 14.9 Å². The fourth-order valence-corrected chi connectivity index (χ4v) is 1.56. The zero-order valence-electron chi connectivity index (χ0n) is 10.0. The third kappa shape index (κ3) is 3.99. The van der Waals surface area contributed by atoms with Crippen LogP contribution in [0.3, 0.4) is 0 Å². The Morgan fingerprint density at radius 2 is 2.24 bits per heavy atom. The molecule has 0 saturated carbocycles. The lowest BCUT2D eigenvalue weighted by molar-refractivity contribution is -0.385. The summed E-state index contributed by atoms with van der Waals surface area (Å²) in [6, 6.07) is 2.46. The van der Waals surface area contributed by atoms with E-state index in [2.05, 4.69) is 5.32 Å². The standard InChI is InChI=1S/C11H17N3O3/c1-3-12-6-9(2)7-13-8-10(14(16)17)4-5-11(13)15/h4-5,8-9,12H,3,6-7H2,1-2H3. The van der Waals surface area contributed by atoms with Crippen LogP contribution in [0.5, 0.6) is 0 Å². The minimum absolute atomic E-state index is 0.0553. The van der Waals surface area contributed by atoms with Gasteiger partial charge in [0.15, 0.2) is 0 Å². The number of hydrogen-bond acceptors (Lipinski definition) is 4. The van der Waals surface area contributed by atoms with Gasteiger partial charge in [0.2, 0.25) is 0 Å². The number of hydrogen-bond donors (Lipinski definition) is 1. The second kappa shape index (κ2) is 6.15. The van der Waals surface area contributed by atoms with E-state index in [1.165, 1.54) is 22.9 Å². The fraction of sp³-hybridized carbons (Fsp3) is 0.545. The maximum absolute atomic E-state index is 11.5. The topological polar surface area (TPSA) is 77.2 Å². The highest BCUT2D eigenvalue weighted by atomic mass is 16.6. The molecule has 0 radical (unpaired) electrons. The van der Waals surface area contributed by atoms with Crippen molar-refractivity contribution in [2.45, 2.75) is 20.4 Å². The number of pyridine rings is 1. The molecular formula is C11H17N3O3. The molecule has 0 aliphatic carbocycles. The van der Waals surface area contributed by atoms with E-state index in [-0.39, 0.29) is 17.2 Å². The van der Waals surface area contributed by atoms with E-state index in [0.717, 1.165) is 13.1 Å². The average molecular weight is 239 g/mol. The smallest absolute Gasteiger partial charge is 0.285 e. The van der Waals surface area contributed by atoms with Gasteiger partial charge in [0.25, 0.3) is 11.2 Å². The van der Waals surface area contributed by atoms with E-state index >= 15 is 0 Å². The number of nitrogens with zero attached hydrogens (tertiary/aromatic N) is 2. The summed E-state index contributed by atoms with van der Waals surface area (Å²) in [5, 5.41) is 13.8. The van der Waals surface area contributed by atoms with Gasteiger partial charge in [-0.25, -0.2) is 0 Å². The van der Waals surface area contributed by atoms with E-state index in [0.29, 0.717) is 6.54 Å². The second-order valence-electron chi connectivity index (χ2n) is 4.05. The molecule has 0 aromatic carbocycles. The Labute approximate surface area is 99.4 Å². The molecule has 0 amide bonds. The van der Waals surface area contributed by atoms with Crippen LogP contribution in [0.1, 0.15) is 13.8 Å². The minimum Gasteiger partial charge on any atom is -0.317 e. The Hall–Kier alpha value is -1.69. The summed E-state index contributed by atoms with van der Waals surface area (Å²) in [5.41, 5.74) is -0.265. The van der Waals surface area contributed by atoms with Crippen molar-refractivity contribution in [1.29, 1.82) is 0 Å². The van der Waals surface area contributed by atoms with Gasteiger partial charge in [0, 0.05) is 18.7 Å². The summed E-state index contributed by atoms with van der Waals surface area (Å²) in [4.78, 5) is 21.6. The second-order valence-corrected chi connectivity index (χ2v) is 4.05. The molecule has 0 bridgehead atoms. The minimum atomic E-state index is -0.495. The normalized spacial score (nSPS) is 12.4. The zero-order chi connectivity index (χ0) is 12.8. The molecule has 1 atom stereocenters. The van der Waals surface area contributed by atoms with Gasteiger partial charge in [-0.2, -0.15) is 0 Å². The van der Waals surface area contributed by atoms with Crippen LogP contribution < -0.4 is 10.9 Å². The first kappa shape index (κ1) is 13.4. The summed E-state index contributed by atoms with van der Waals surface area (Å²) in [6.45, 7) is 6.13. The first-order valence-electron chi connectivity index (χ1n) is 5.60. The molecule has 0 saturated heterocycles. The fourth-order valence-electron chi connectivity index (χ4n) is 1.56. The van der Waals surface area contributed by atoms with Crippen LogP contribution in [0, 0.1) is 16.0 Å². The van der Waals surface area contributed by atoms with Crippen molar-refractivity contribution in [3.05, 3.63) is 38.8 Å². The van der Waals surface area contributed by atoms with Crippen molar-refractivity contribution in [3.8, 4) is 0 Å². The lowest BCUT2D eigenvalue weighted by atomic mass is 10.2. The number of nitro groups is 1. The molecule has 1 unspecified atom stereocenters. The molecule has 1 N–H and O–H groups in total. The molecule has 6 heteroatoms. The monoisotopic (exact) mass is 239 g/mol. The van der Waals surface area contributed by atoms with Crippen molar-refractivity contribution >= 4 is 5.69 Å². The van der Waals surface area contributed by atoms with Crippen molar-refractivity contribution in [3.63, 3.8) is 0 Å². The van der Waals surface area contributed by atoms with E-state index in [1.54, 1.807) is 0 Å². The van der Waals surface area contributed by atoms with Crippen LogP contribution in [-0.2, 0) is 6.54 Å². The quantitative estimate of drug-likeness (QED) is 0.593. The molecule has 1 aromatic rings. The Kier molecular flexibility index (Phi) is 4.84. The highest BCUT2D eigenvalue weighted by Crippen LogP contribution is 2.07. The SMILES string of the molecule is CCNCC(C)Cn1cc([N+](=O)[O-])ccc1=O. The molecule has 0 fully saturated rings. The van der Waals surface area contributed by atoms with Crippen molar-refractivity contribution < 1.29 is 4.92 Å². The van der Waals surface area contributed by atoms with Crippen molar-refractivity contribution in [2.24, 2.45) is 5.92 Å². The van der Waals surface area contributed by atoms with Gasteiger partial charge in [-0.1, -0.05) is 13.8 Å². The third-order valence-electron chi connectivity index (χ3n) is 2.43. The molecule has 0 aliphatic rings. The summed E-state index contributed by atoms with van der Waals surface area (Å²) in [5.74, 6) is 0.245. The first-order valence-corrected chi connectivity index (χ1v) is 5.60. The number of aromatic nitrogens is 1. The largest absolute Gasteiger partial charge is 0.317 e. The molecule has 1 rings (SSSR count). The molecule has 6 nitrogen and oxygen atoms in total.